The Labute approximate surface area is 358 Å². The third kappa shape index (κ3) is 5.13. The molecule has 11 aromatic rings. The van der Waals surface area contributed by atoms with Crippen LogP contribution in [0.5, 0.6) is 0 Å². The third-order valence-electron chi connectivity index (χ3n) is 13.5. The van der Waals surface area contributed by atoms with Crippen LogP contribution in [0.2, 0.25) is 0 Å². The van der Waals surface area contributed by atoms with Crippen molar-refractivity contribution in [2.75, 3.05) is 0 Å². The molecule has 5 heterocycles. The molecular formula is C58H42N4. The van der Waals surface area contributed by atoms with Crippen LogP contribution >= 0.6 is 0 Å². The Morgan fingerprint density at radius 2 is 0.629 bits per heavy atom. The molecule has 4 heteroatoms. The molecular weight excluding hydrogens is 753 g/mol. The van der Waals surface area contributed by atoms with Gasteiger partial charge in [0, 0.05) is 66.0 Å². The maximum atomic E-state index is 5.73. The van der Waals surface area contributed by atoms with E-state index < -0.39 is 0 Å². The minimum atomic E-state index is 0.149. The molecule has 2 aliphatic heterocycles. The number of aromatic amines is 2. The fraction of sp³-hybridized carbons (Fsp3) is 0.103. The van der Waals surface area contributed by atoms with Crippen LogP contribution in [0.25, 0.3) is 132 Å². The van der Waals surface area contributed by atoms with Crippen molar-refractivity contribution in [2.24, 2.45) is 0 Å². The molecule has 294 valence electrons. The van der Waals surface area contributed by atoms with Crippen LogP contribution in [0.15, 0.2) is 158 Å². The Kier molecular flexibility index (Phi) is 7.37. The van der Waals surface area contributed by atoms with Crippen molar-refractivity contribution in [2.45, 2.75) is 39.5 Å². The van der Waals surface area contributed by atoms with Crippen LogP contribution in [0.3, 0.4) is 0 Å². The fourth-order valence-corrected chi connectivity index (χ4v) is 10.6. The average Bonchev–Trinajstić information content (AvgIpc) is 4.01. The van der Waals surface area contributed by atoms with Gasteiger partial charge in [0.15, 0.2) is 0 Å². The first-order valence-corrected chi connectivity index (χ1v) is 21.9. The highest BCUT2D eigenvalue weighted by Crippen LogP contribution is 2.48. The fourth-order valence-electron chi connectivity index (χ4n) is 10.6. The van der Waals surface area contributed by atoms with E-state index in [0.29, 0.717) is 0 Å². The predicted molar refractivity (Wildman–Crippen MR) is 263 cm³/mol. The van der Waals surface area contributed by atoms with E-state index in [0.717, 1.165) is 67.1 Å². The average molecular weight is 795 g/mol. The zero-order chi connectivity index (χ0) is 41.4. The van der Waals surface area contributed by atoms with Crippen molar-refractivity contribution >= 4 is 86.7 Å². The molecule has 0 saturated heterocycles. The smallest absolute Gasteiger partial charge is 0.0772 e. The van der Waals surface area contributed by atoms with Crippen molar-refractivity contribution in [3.63, 3.8) is 0 Å². The zero-order valence-electron chi connectivity index (χ0n) is 35.1. The van der Waals surface area contributed by atoms with Crippen molar-refractivity contribution < 1.29 is 0 Å². The summed E-state index contributed by atoms with van der Waals surface area (Å²) in [6.07, 6.45) is 0. The molecule has 0 atom stereocenters. The van der Waals surface area contributed by atoms with Crippen LogP contribution in [-0.2, 0) is 0 Å². The van der Waals surface area contributed by atoms with Gasteiger partial charge in [-0.1, -0.05) is 125 Å². The van der Waals surface area contributed by atoms with Crippen molar-refractivity contribution in [1.82, 2.24) is 19.9 Å². The minimum absolute atomic E-state index is 0.149. The summed E-state index contributed by atoms with van der Waals surface area (Å²) in [5, 5.41) is 14.4. The number of H-pyrrole nitrogens is 2. The summed E-state index contributed by atoms with van der Waals surface area (Å²) in [5.74, 6) is 0.298. The molecule has 0 radical (unpaired) electrons. The highest BCUT2D eigenvalue weighted by molar-refractivity contribution is 6.17. The molecule has 4 nitrogen and oxygen atoms in total. The van der Waals surface area contributed by atoms with Gasteiger partial charge in [0.1, 0.15) is 0 Å². The maximum absolute atomic E-state index is 5.73. The molecule has 2 aliphatic rings. The molecule has 13 rings (SSSR count). The topological polar surface area (TPSA) is 57.4 Å². The van der Waals surface area contributed by atoms with E-state index in [4.69, 9.17) is 9.97 Å². The third-order valence-corrected chi connectivity index (χ3v) is 13.5. The van der Waals surface area contributed by atoms with Crippen molar-refractivity contribution in [3.8, 4) is 45.0 Å². The molecule has 0 aliphatic carbocycles. The first-order valence-electron chi connectivity index (χ1n) is 21.9. The highest BCUT2D eigenvalue weighted by Gasteiger charge is 2.27. The van der Waals surface area contributed by atoms with Crippen LogP contribution in [0.1, 0.15) is 50.7 Å². The number of fused-ring (bicyclic) bond motifs is 24. The SMILES string of the molecule is CC(C)c1c2nc(cc3[nH]c(c(C(C)C)c4nc(cc5[nH]c1c1cc6ccccc6cc51)-c1cc5ccccc5cc1-4)c1cc4ccccc4cc31)-c1cc3ccccc3cc1-2. The van der Waals surface area contributed by atoms with E-state index in [-0.39, 0.29) is 11.8 Å². The van der Waals surface area contributed by atoms with E-state index in [2.05, 4.69) is 195 Å². The van der Waals surface area contributed by atoms with Gasteiger partial charge in [-0.05, 0) is 116 Å². The van der Waals surface area contributed by atoms with E-state index in [1.165, 1.54) is 75.8 Å². The molecule has 8 bridgehead atoms. The number of hydrogen-bond donors (Lipinski definition) is 2. The molecule has 0 unspecified atom stereocenters. The van der Waals surface area contributed by atoms with Crippen LogP contribution in [0, 0.1) is 0 Å². The summed E-state index contributed by atoms with van der Waals surface area (Å²) in [6, 6.07) is 58.3. The van der Waals surface area contributed by atoms with Gasteiger partial charge in [0.05, 0.1) is 33.8 Å². The van der Waals surface area contributed by atoms with E-state index in [9.17, 15) is 0 Å². The van der Waals surface area contributed by atoms with Crippen LogP contribution in [-0.4, -0.2) is 19.9 Å². The van der Waals surface area contributed by atoms with Gasteiger partial charge in [0.2, 0.25) is 0 Å². The molecule has 2 N–H and O–H groups in total. The highest BCUT2D eigenvalue weighted by atomic mass is 14.8. The lowest BCUT2D eigenvalue weighted by Crippen LogP contribution is -1.93. The monoisotopic (exact) mass is 794 g/mol. The number of aromatic nitrogens is 4. The second-order valence-corrected chi connectivity index (χ2v) is 17.9. The molecule has 0 amide bonds. The van der Waals surface area contributed by atoms with E-state index in [1.807, 2.05) is 0 Å². The minimum Gasteiger partial charge on any atom is -0.354 e. The van der Waals surface area contributed by atoms with Gasteiger partial charge in [-0.3, -0.25) is 0 Å². The molecule has 0 fully saturated rings. The molecule has 0 spiro atoms. The lowest BCUT2D eigenvalue weighted by molar-refractivity contribution is 0.872. The summed E-state index contributed by atoms with van der Waals surface area (Å²) >= 11 is 0. The van der Waals surface area contributed by atoms with Gasteiger partial charge in [-0.15, -0.1) is 0 Å². The Bertz CT molecular complexity index is 3680. The normalized spacial score (nSPS) is 12.5. The Balaban J connectivity index is 1.31. The lowest BCUT2D eigenvalue weighted by atomic mass is 9.92. The van der Waals surface area contributed by atoms with Gasteiger partial charge in [-0.2, -0.15) is 0 Å². The van der Waals surface area contributed by atoms with Gasteiger partial charge in [0.25, 0.3) is 0 Å². The quantitative estimate of drug-likeness (QED) is 0.183. The van der Waals surface area contributed by atoms with Crippen LogP contribution in [0.4, 0.5) is 0 Å². The first-order chi connectivity index (χ1) is 30.3. The summed E-state index contributed by atoms with van der Waals surface area (Å²) in [4.78, 5) is 19.6. The molecule has 0 saturated carbocycles. The second kappa shape index (κ2) is 13.0. The van der Waals surface area contributed by atoms with Gasteiger partial charge >= 0.3 is 0 Å². The molecule has 3 aromatic heterocycles. The summed E-state index contributed by atoms with van der Waals surface area (Å²) in [7, 11) is 0. The molecule has 8 aromatic carbocycles. The van der Waals surface area contributed by atoms with Crippen molar-refractivity contribution in [1.29, 1.82) is 0 Å². The van der Waals surface area contributed by atoms with Crippen LogP contribution < -0.4 is 0 Å². The number of nitrogens with zero attached hydrogens (tertiary/aromatic N) is 2. The standard InChI is InChI=1S/C58H42N4/c1-31(2)53-55-45-25-37-17-9-5-13-33(37)21-41(45)49(59-55)29-51-43-23-35-15-7-11-19-39(35)27-47(43)57(61-51)54(32(3)4)58-48-28-40-20-12-8-16-36(40)24-44(48)52(62-58)30-50-42-22-34-14-6-10-18-38(34)26-46(42)56(53)60-50/h5-32,59,62H,1-4H3. The first kappa shape index (κ1) is 35.2. The summed E-state index contributed by atoms with van der Waals surface area (Å²) in [5.41, 5.74) is 15.3. The Hall–Kier alpha value is -7.56. The Morgan fingerprint density at radius 1 is 0.339 bits per heavy atom. The van der Waals surface area contributed by atoms with Crippen molar-refractivity contribution in [3.05, 3.63) is 169 Å². The largest absolute Gasteiger partial charge is 0.354 e. The lowest BCUT2D eigenvalue weighted by Gasteiger charge is -2.11. The summed E-state index contributed by atoms with van der Waals surface area (Å²) < 4.78 is 0. The number of nitrogens with one attached hydrogen (secondary N) is 2. The predicted octanol–water partition coefficient (Wildman–Crippen LogP) is 16.1. The maximum Gasteiger partial charge on any atom is 0.0772 e. The number of hydrogen-bond acceptors (Lipinski definition) is 2. The van der Waals surface area contributed by atoms with E-state index >= 15 is 0 Å². The second-order valence-electron chi connectivity index (χ2n) is 17.9. The summed E-state index contributed by atoms with van der Waals surface area (Å²) in [6.45, 7) is 9.22. The molecule has 62 heavy (non-hydrogen) atoms. The Morgan fingerprint density at radius 3 is 0.952 bits per heavy atom. The number of benzene rings is 8. The van der Waals surface area contributed by atoms with E-state index in [1.54, 1.807) is 0 Å². The van der Waals surface area contributed by atoms with Gasteiger partial charge in [-0.25, -0.2) is 9.97 Å². The number of rotatable bonds is 2. The zero-order valence-corrected chi connectivity index (χ0v) is 35.1. The van der Waals surface area contributed by atoms with Gasteiger partial charge < -0.3 is 9.97 Å².